The van der Waals surface area contributed by atoms with Crippen molar-refractivity contribution in [2.45, 2.75) is 45.4 Å². The van der Waals surface area contributed by atoms with E-state index < -0.39 is 0 Å². The van der Waals surface area contributed by atoms with Gasteiger partial charge in [-0.15, -0.1) is 12.3 Å². The molecule has 2 nitrogen and oxygen atoms in total. The van der Waals surface area contributed by atoms with Gasteiger partial charge in [0.05, 0.1) is 5.56 Å². The molecule has 0 atom stereocenters. The average Bonchev–Trinajstić information content (AvgIpc) is 2.44. The predicted octanol–water partition coefficient (Wildman–Crippen LogP) is 3.99. The molecule has 2 heteroatoms. The summed E-state index contributed by atoms with van der Waals surface area (Å²) in [5.74, 6) is 2.14. The number of terminal acetylenes is 1. The fraction of sp³-hybridized carbons (Fsp3) is 0.471. The van der Waals surface area contributed by atoms with Crippen molar-refractivity contribution in [2.24, 2.45) is 0 Å². The van der Waals surface area contributed by atoms with E-state index in [9.17, 15) is 4.79 Å². The van der Waals surface area contributed by atoms with Crippen LogP contribution in [0.2, 0.25) is 0 Å². The molecular weight excluding hydrogens is 236 g/mol. The lowest BCUT2D eigenvalue weighted by Crippen LogP contribution is -2.06. The second kappa shape index (κ2) is 9.22. The molecule has 102 valence electrons. The van der Waals surface area contributed by atoms with E-state index >= 15 is 0 Å². The van der Waals surface area contributed by atoms with Gasteiger partial charge < -0.3 is 4.74 Å². The highest BCUT2D eigenvalue weighted by atomic mass is 16.5. The summed E-state index contributed by atoms with van der Waals surface area (Å²) in [5.41, 5.74) is 1.87. The van der Waals surface area contributed by atoms with E-state index in [1.807, 2.05) is 24.3 Å². The maximum atomic E-state index is 11.6. The number of ether oxygens (including phenoxy) is 1. The third-order valence-corrected chi connectivity index (χ3v) is 2.99. The molecule has 0 aliphatic rings. The molecule has 19 heavy (non-hydrogen) atoms. The van der Waals surface area contributed by atoms with Crippen molar-refractivity contribution < 1.29 is 9.53 Å². The number of hydrogen-bond donors (Lipinski definition) is 0. The van der Waals surface area contributed by atoms with Crippen LogP contribution in [0, 0.1) is 12.3 Å². The highest BCUT2D eigenvalue weighted by molar-refractivity contribution is 5.89. The SMILES string of the molecule is C#CCCOC(=O)c1ccc(CCCCCC)cc1. The van der Waals surface area contributed by atoms with Gasteiger partial charge in [0.1, 0.15) is 6.61 Å². The van der Waals surface area contributed by atoms with Gasteiger partial charge in [0.25, 0.3) is 0 Å². The van der Waals surface area contributed by atoms with Crippen molar-refractivity contribution >= 4 is 5.97 Å². The van der Waals surface area contributed by atoms with E-state index in [4.69, 9.17) is 11.2 Å². The van der Waals surface area contributed by atoms with Crippen LogP contribution in [0.4, 0.5) is 0 Å². The Kier molecular flexibility index (Phi) is 7.43. The lowest BCUT2D eigenvalue weighted by molar-refractivity contribution is 0.0513. The van der Waals surface area contributed by atoms with Gasteiger partial charge in [-0.3, -0.25) is 0 Å². The highest BCUT2D eigenvalue weighted by Gasteiger charge is 2.06. The van der Waals surface area contributed by atoms with Crippen LogP contribution in [0.15, 0.2) is 24.3 Å². The normalized spacial score (nSPS) is 9.89. The minimum atomic E-state index is -0.298. The Labute approximate surface area is 116 Å². The van der Waals surface area contributed by atoms with E-state index in [0.717, 1.165) is 6.42 Å². The Morgan fingerprint density at radius 3 is 2.58 bits per heavy atom. The van der Waals surface area contributed by atoms with E-state index in [0.29, 0.717) is 12.0 Å². The number of hydrogen-bond acceptors (Lipinski definition) is 2. The molecule has 0 bridgehead atoms. The van der Waals surface area contributed by atoms with Crippen LogP contribution in [0.1, 0.15) is 54.9 Å². The molecule has 0 spiro atoms. The van der Waals surface area contributed by atoms with Crippen molar-refractivity contribution in [3.05, 3.63) is 35.4 Å². The first-order valence-electron chi connectivity index (χ1n) is 6.97. The molecule has 0 saturated carbocycles. The fourth-order valence-electron chi connectivity index (χ4n) is 1.85. The number of esters is 1. The molecule has 0 aliphatic heterocycles. The summed E-state index contributed by atoms with van der Waals surface area (Å²) in [6, 6.07) is 7.66. The first-order chi connectivity index (χ1) is 9.27. The van der Waals surface area contributed by atoms with E-state index in [1.165, 1.54) is 31.2 Å². The summed E-state index contributed by atoms with van der Waals surface area (Å²) in [5, 5.41) is 0. The summed E-state index contributed by atoms with van der Waals surface area (Å²) in [6.07, 6.45) is 11.7. The molecule has 0 aromatic heterocycles. The minimum absolute atomic E-state index is 0.286. The Hall–Kier alpha value is -1.75. The van der Waals surface area contributed by atoms with Crippen LogP contribution in [0.25, 0.3) is 0 Å². The van der Waals surface area contributed by atoms with E-state index in [2.05, 4.69) is 12.8 Å². The van der Waals surface area contributed by atoms with Gasteiger partial charge in [-0.1, -0.05) is 38.3 Å². The second-order valence-corrected chi connectivity index (χ2v) is 4.60. The molecule has 1 aromatic carbocycles. The quantitative estimate of drug-likeness (QED) is 0.400. The topological polar surface area (TPSA) is 26.3 Å². The Balaban J connectivity index is 2.38. The van der Waals surface area contributed by atoms with E-state index in [-0.39, 0.29) is 12.6 Å². The van der Waals surface area contributed by atoms with Gasteiger partial charge in [-0.05, 0) is 30.5 Å². The zero-order valence-corrected chi connectivity index (χ0v) is 11.7. The fourth-order valence-corrected chi connectivity index (χ4v) is 1.85. The Morgan fingerprint density at radius 1 is 1.21 bits per heavy atom. The van der Waals surface area contributed by atoms with E-state index in [1.54, 1.807) is 0 Å². The molecule has 0 radical (unpaired) electrons. The molecule has 0 N–H and O–H groups in total. The van der Waals surface area contributed by atoms with Crippen molar-refractivity contribution in [1.82, 2.24) is 0 Å². The van der Waals surface area contributed by atoms with Crippen molar-refractivity contribution in [3.63, 3.8) is 0 Å². The van der Waals surface area contributed by atoms with Gasteiger partial charge in [-0.2, -0.15) is 0 Å². The molecule has 0 amide bonds. The largest absolute Gasteiger partial charge is 0.461 e. The number of aryl methyl sites for hydroxylation is 1. The Morgan fingerprint density at radius 2 is 1.95 bits per heavy atom. The van der Waals surface area contributed by atoms with Crippen LogP contribution in [0.3, 0.4) is 0 Å². The summed E-state index contributed by atoms with van der Waals surface area (Å²) < 4.78 is 5.04. The summed E-state index contributed by atoms with van der Waals surface area (Å²) in [4.78, 5) is 11.6. The summed E-state index contributed by atoms with van der Waals surface area (Å²) in [6.45, 7) is 2.49. The van der Waals surface area contributed by atoms with Crippen LogP contribution in [-0.2, 0) is 11.2 Å². The standard InChI is InChI=1S/C17H22O2/c1-3-5-7-8-9-15-10-12-16(13-11-15)17(18)19-14-6-4-2/h2,10-13H,3,5-9,14H2,1H3. The molecule has 0 unspecified atom stereocenters. The lowest BCUT2D eigenvalue weighted by Gasteiger charge is -2.04. The smallest absolute Gasteiger partial charge is 0.338 e. The number of carbonyl (C=O) groups excluding carboxylic acids is 1. The zero-order chi connectivity index (χ0) is 13.9. The lowest BCUT2D eigenvalue weighted by atomic mass is 10.0. The van der Waals surface area contributed by atoms with Gasteiger partial charge in [0.2, 0.25) is 0 Å². The highest BCUT2D eigenvalue weighted by Crippen LogP contribution is 2.10. The van der Waals surface area contributed by atoms with Crippen LogP contribution in [-0.4, -0.2) is 12.6 Å². The van der Waals surface area contributed by atoms with Gasteiger partial charge in [0.15, 0.2) is 0 Å². The monoisotopic (exact) mass is 258 g/mol. The van der Waals surface area contributed by atoms with Crippen molar-refractivity contribution in [1.29, 1.82) is 0 Å². The zero-order valence-electron chi connectivity index (χ0n) is 11.7. The molecule has 1 aromatic rings. The van der Waals surface area contributed by atoms with Gasteiger partial charge >= 0.3 is 5.97 Å². The number of carbonyl (C=O) groups is 1. The number of rotatable bonds is 8. The summed E-state index contributed by atoms with van der Waals surface area (Å²) in [7, 11) is 0. The number of unbranched alkanes of at least 4 members (excludes halogenated alkanes) is 3. The van der Waals surface area contributed by atoms with Gasteiger partial charge in [0, 0.05) is 6.42 Å². The molecule has 0 fully saturated rings. The van der Waals surface area contributed by atoms with Crippen molar-refractivity contribution in [2.75, 3.05) is 6.61 Å². The third kappa shape index (κ3) is 6.10. The first-order valence-corrected chi connectivity index (χ1v) is 6.97. The van der Waals surface area contributed by atoms with Gasteiger partial charge in [-0.25, -0.2) is 4.79 Å². The maximum absolute atomic E-state index is 11.6. The molecule has 0 saturated heterocycles. The van der Waals surface area contributed by atoms with Crippen LogP contribution in [0.5, 0.6) is 0 Å². The number of benzene rings is 1. The molecule has 0 heterocycles. The minimum Gasteiger partial charge on any atom is -0.461 e. The van der Waals surface area contributed by atoms with Crippen LogP contribution < -0.4 is 0 Å². The van der Waals surface area contributed by atoms with Crippen molar-refractivity contribution in [3.8, 4) is 12.3 Å². The second-order valence-electron chi connectivity index (χ2n) is 4.60. The molecular formula is C17H22O2. The first kappa shape index (κ1) is 15.3. The maximum Gasteiger partial charge on any atom is 0.338 e. The summed E-state index contributed by atoms with van der Waals surface area (Å²) >= 11 is 0. The molecule has 1 rings (SSSR count). The Bertz CT molecular complexity index is 412. The third-order valence-electron chi connectivity index (χ3n) is 2.99. The average molecular weight is 258 g/mol. The van der Waals surface area contributed by atoms with Crippen LogP contribution >= 0.6 is 0 Å². The molecule has 0 aliphatic carbocycles. The predicted molar refractivity (Wildman–Crippen MR) is 78.0 cm³/mol.